The number of benzene rings is 3. The van der Waals surface area contributed by atoms with Crippen molar-refractivity contribution in [3.8, 4) is 50.6 Å². The van der Waals surface area contributed by atoms with Crippen molar-refractivity contribution < 1.29 is 30.3 Å². The summed E-state index contributed by atoms with van der Waals surface area (Å²) in [4.78, 5) is 9.20. The normalized spacial score (nSPS) is 12.2. The second-order valence-electron chi connectivity index (χ2n) is 7.38. The molecule has 0 aliphatic rings. The maximum absolute atomic E-state index is 10.2. The Morgan fingerprint density at radius 2 is 1.55 bits per heavy atom. The van der Waals surface area contributed by atoms with Gasteiger partial charge >= 0.3 is 0 Å². The smallest absolute Gasteiger partial charge is 0.124 e. The van der Waals surface area contributed by atoms with Crippen molar-refractivity contribution in [2.24, 2.45) is 0 Å². The molecule has 4 heteroatoms. The molecule has 0 radical (unpaired) electrons. The summed E-state index contributed by atoms with van der Waals surface area (Å²) >= 11 is 0. The fourth-order valence-electron chi connectivity index (χ4n) is 3.65. The summed E-state index contributed by atoms with van der Waals surface area (Å²) in [6.07, 6.45) is 1.68. The van der Waals surface area contributed by atoms with Gasteiger partial charge in [-0.2, -0.15) is 0 Å². The number of rotatable bonds is 4. The van der Waals surface area contributed by atoms with Crippen LogP contribution in [0.4, 0.5) is 0 Å². The van der Waals surface area contributed by atoms with Crippen LogP contribution in [-0.4, -0.2) is 15.1 Å². The Balaban J connectivity index is 0.00000304. The van der Waals surface area contributed by atoms with E-state index >= 15 is 0 Å². The van der Waals surface area contributed by atoms with E-state index in [1.807, 2.05) is 66.7 Å². The Labute approximate surface area is 212 Å². The molecule has 2 heterocycles. The summed E-state index contributed by atoms with van der Waals surface area (Å²) < 4.78 is 24.2. The Bertz CT molecular complexity index is 1500. The molecule has 0 aliphatic carbocycles. The van der Waals surface area contributed by atoms with E-state index in [2.05, 4.69) is 11.1 Å². The molecule has 0 fully saturated rings. The van der Waals surface area contributed by atoms with E-state index < -0.39 is 6.85 Å². The zero-order valence-corrected chi connectivity index (χ0v) is 19.7. The number of phenolic OH excluding ortho intramolecular Hbond substituents is 1. The fraction of sp³-hybridized carbons (Fsp3) is 0.0345. The molecule has 3 aromatic carbocycles. The molecule has 33 heavy (non-hydrogen) atoms. The minimum absolute atomic E-state index is 0. The van der Waals surface area contributed by atoms with Gasteiger partial charge in [-0.05, 0) is 35.4 Å². The zero-order chi connectivity index (χ0) is 24.4. The molecule has 5 aromatic rings. The number of hydrogen-bond acceptors (Lipinski definition) is 3. The monoisotopic (exact) mass is 611 g/mol. The van der Waals surface area contributed by atoms with Gasteiger partial charge in [0.05, 0.1) is 5.69 Å². The number of pyridine rings is 2. The van der Waals surface area contributed by atoms with E-state index in [1.165, 1.54) is 0 Å². The predicted octanol–water partition coefficient (Wildman–Crippen LogP) is 6.96. The van der Waals surface area contributed by atoms with Crippen LogP contribution in [0.25, 0.3) is 44.9 Å². The van der Waals surface area contributed by atoms with E-state index in [1.54, 1.807) is 36.5 Å². The number of phenols is 1. The van der Waals surface area contributed by atoms with Gasteiger partial charge in [-0.3, -0.25) is 9.97 Å². The molecule has 0 atom stereocenters. The van der Waals surface area contributed by atoms with Gasteiger partial charge < -0.3 is 5.11 Å². The predicted molar refractivity (Wildman–Crippen MR) is 129 cm³/mol. The average molecular weight is 612 g/mol. The van der Waals surface area contributed by atoms with E-state index in [0.717, 1.165) is 11.1 Å². The number of nitrogens with zero attached hydrogens (tertiary/aromatic N) is 2. The average Bonchev–Trinajstić information content (AvgIpc) is 2.89. The molecule has 0 amide bonds. The van der Waals surface area contributed by atoms with Crippen molar-refractivity contribution in [3.63, 3.8) is 0 Å². The van der Waals surface area contributed by atoms with Gasteiger partial charge in [0.15, 0.2) is 0 Å². The van der Waals surface area contributed by atoms with E-state index in [4.69, 9.17) is 9.10 Å². The van der Waals surface area contributed by atoms with Crippen molar-refractivity contribution in [1.29, 1.82) is 0 Å². The van der Waals surface area contributed by atoms with Crippen LogP contribution in [-0.2, 0) is 21.1 Å². The number of aromatic nitrogens is 2. The summed E-state index contributed by atoms with van der Waals surface area (Å²) in [5.74, 6) is 0.140. The Kier molecular flexibility index (Phi) is 5.71. The first kappa shape index (κ1) is 19.0. The first-order valence-corrected chi connectivity index (χ1v) is 10.2. The number of para-hydroxylation sites is 1. The molecule has 0 unspecified atom stereocenters. The van der Waals surface area contributed by atoms with Crippen molar-refractivity contribution >= 4 is 0 Å². The second kappa shape index (κ2) is 9.93. The third-order valence-electron chi connectivity index (χ3n) is 5.27. The largest absolute Gasteiger partial charge is 0.507 e. The number of hydrogen-bond donors (Lipinski definition) is 1. The van der Waals surface area contributed by atoms with Crippen LogP contribution in [0, 0.1) is 12.9 Å². The quantitative estimate of drug-likeness (QED) is 0.224. The number of aryl methyl sites for hydroxylation is 1. The SMILES string of the molecule is [2H]C([2H])([2H])c1ccc(-c2cccc(-c3ccccc3O)n2)[c-]c1-c1cc(-c2ccccc2)ccn1.[Pt]. The second-order valence-corrected chi connectivity index (χ2v) is 7.38. The van der Waals surface area contributed by atoms with E-state index in [0.29, 0.717) is 33.8 Å². The molecule has 0 saturated heterocycles. The third kappa shape index (κ3) is 4.79. The molecule has 3 nitrogen and oxygen atoms in total. The summed E-state index contributed by atoms with van der Waals surface area (Å²) in [6.45, 7) is -2.33. The first-order chi connectivity index (χ1) is 16.9. The van der Waals surface area contributed by atoms with E-state index in [9.17, 15) is 5.11 Å². The zero-order valence-electron chi connectivity index (χ0n) is 20.5. The van der Waals surface area contributed by atoms with Crippen LogP contribution in [0.1, 0.15) is 9.68 Å². The molecule has 0 saturated carbocycles. The van der Waals surface area contributed by atoms with Gasteiger partial charge in [0.1, 0.15) is 5.75 Å². The standard InChI is InChI=1S/C29H21N2O.Pt/c1-20-14-15-23(26-11-7-12-27(31-26)24-10-5-6-13-29(24)32)18-25(20)28-19-22(16-17-30-28)21-8-3-2-4-9-21;/h2-17,19,32H,1H3;/q-1;/i1D3;. The van der Waals surface area contributed by atoms with Crippen LogP contribution in [0.2, 0.25) is 0 Å². The van der Waals surface area contributed by atoms with Gasteiger partial charge in [-0.25, -0.2) is 0 Å². The van der Waals surface area contributed by atoms with Crippen LogP contribution >= 0.6 is 0 Å². The van der Waals surface area contributed by atoms with E-state index in [-0.39, 0.29) is 32.4 Å². The summed E-state index contributed by atoms with van der Waals surface area (Å²) in [6, 6.07) is 32.7. The van der Waals surface area contributed by atoms with Gasteiger partial charge in [-0.15, -0.1) is 23.8 Å². The first-order valence-electron chi connectivity index (χ1n) is 11.7. The molecular weight excluding hydrogens is 587 g/mol. The maximum Gasteiger partial charge on any atom is 0.124 e. The molecule has 0 spiro atoms. The third-order valence-corrected chi connectivity index (χ3v) is 5.27. The minimum Gasteiger partial charge on any atom is -0.507 e. The number of aromatic hydroxyl groups is 1. The maximum atomic E-state index is 10.2. The fourth-order valence-corrected chi connectivity index (χ4v) is 3.65. The molecular formula is C29H21N2OPt-. The topological polar surface area (TPSA) is 46.0 Å². The van der Waals surface area contributed by atoms with Crippen LogP contribution in [0.15, 0.2) is 103 Å². The molecule has 0 bridgehead atoms. The Morgan fingerprint density at radius 1 is 0.758 bits per heavy atom. The summed E-state index contributed by atoms with van der Waals surface area (Å²) in [7, 11) is 0. The summed E-state index contributed by atoms with van der Waals surface area (Å²) in [5.41, 5.74) is 5.54. The van der Waals surface area contributed by atoms with Crippen molar-refractivity contribution in [1.82, 2.24) is 9.97 Å². The van der Waals surface area contributed by atoms with Gasteiger partial charge in [-0.1, -0.05) is 78.6 Å². The van der Waals surface area contributed by atoms with Gasteiger partial charge in [0.2, 0.25) is 0 Å². The summed E-state index contributed by atoms with van der Waals surface area (Å²) in [5, 5.41) is 10.2. The van der Waals surface area contributed by atoms with Crippen LogP contribution in [0.5, 0.6) is 5.75 Å². The van der Waals surface area contributed by atoms with Crippen LogP contribution < -0.4 is 0 Å². The minimum atomic E-state index is -2.33. The Hall–Kier alpha value is -3.55. The molecule has 5 rings (SSSR count). The molecule has 0 aliphatic heterocycles. The van der Waals surface area contributed by atoms with Gasteiger partial charge in [0.25, 0.3) is 0 Å². The Morgan fingerprint density at radius 3 is 2.36 bits per heavy atom. The molecule has 1 N–H and O–H groups in total. The van der Waals surface area contributed by atoms with Crippen LogP contribution in [0.3, 0.4) is 0 Å². The van der Waals surface area contributed by atoms with Crippen molar-refractivity contribution in [2.45, 2.75) is 6.85 Å². The van der Waals surface area contributed by atoms with Gasteiger partial charge in [0, 0.05) is 48.3 Å². The van der Waals surface area contributed by atoms with Crippen molar-refractivity contribution in [2.75, 3.05) is 0 Å². The molecule has 2 aromatic heterocycles. The van der Waals surface area contributed by atoms with Crippen molar-refractivity contribution in [3.05, 3.63) is 115 Å². The molecule has 164 valence electrons.